The van der Waals surface area contributed by atoms with Crippen LogP contribution in [0, 0.1) is 12.7 Å². The van der Waals surface area contributed by atoms with E-state index in [1.165, 1.54) is 4.90 Å². The normalized spacial score (nSPS) is 11.6. The molecular weight excluding hydrogens is 345 g/mol. The summed E-state index contributed by atoms with van der Waals surface area (Å²) in [6.07, 6.45) is 1.30. The van der Waals surface area contributed by atoms with Crippen molar-refractivity contribution in [2.75, 3.05) is 13.1 Å². The second-order valence-corrected chi connectivity index (χ2v) is 7.40. The minimum Gasteiger partial charge on any atom is -0.323 e. The molecule has 0 atom stereocenters. The van der Waals surface area contributed by atoms with Crippen molar-refractivity contribution in [3.05, 3.63) is 41.3 Å². The lowest BCUT2D eigenvalue weighted by atomic mass is 10.1. The third-order valence-corrected chi connectivity index (χ3v) is 5.97. The molecule has 25 heavy (non-hydrogen) atoms. The van der Waals surface area contributed by atoms with E-state index in [9.17, 15) is 17.6 Å². The summed E-state index contributed by atoms with van der Waals surface area (Å²) >= 11 is 0. The molecule has 0 aliphatic carbocycles. The standard InChI is InChI=1S/C17H22FN3O3S/c1-5-13-10-8-9-12(4)15(13)25(23,24)16-14(18)11-21(19-16)17(22)20(6-2)7-3/h8-11H,5-7H2,1-4H3. The minimum atomic E-state index is -4.17. The van der Waals surface area contributed by atoms with Crippen LogP contribution in [0.25, 0.3) is 0 Å². The maximum atomic E-state index is 14.4. The SMILES string of the molecule is CCc1cccc(C)c1S(=O)(=O)c1nn(C(=O)N(CC)CC)cc1F. The van der Waals surface area contributed by atoms with Gasteiger partial charge in [0.05, 0.1) is 11.1 Å². The highest BCUT2D eigenvalue weighted by atomic mass is 32.2. The van der Waals surface area contributed by atoms with Gasteiger partial charge in [-0.1, -0.05) is 25.1 Å². The fourth-order valence-corrected chi connectivity index (χ4v) is 4.48. The molecule has 0 bridgehead atoms. The highest BCUT2D eigenvalue weighted by Gasteiger charge is 2.30. The van der Waals surface area contributed by atoms with Crippen molar-refractivity contribution in [3.63, 3.8) is 0 Å². The van der Waals surface area contributed by atoms with Crippen molar-refractivity contribution in [1.29, 1.82) is 0 Å². The third kappa shape index (κ3) is 3.44. The van der Waals surface area contributed by atoms with Gasteiger partial charge >= 0.3 is 6.03 Å². The maximum absolute atomic E-state index is 14.4. The van der Waals surface area contributed by atoms with Gasteiger partial charge in [0.25, 0.3) is 0 Å². The number of rotatable bonds is 5. The summed E-state index contributed by atoms with van der Waals surface area (Å²) in [6.45, 7) is 7.86. The zero-order chi connectivity index (χ0) is 18.8. The summed E-state index contributed by atoms with van der Waals surface area (Å²) in [5.74, 6) is -1.04. The molecular formula is C17H22FN3O3S. The van der Waals surface area contributed by atoms with Gasteiger partial charge in [0, 0.05) is 13.1 Å². The number of nitrogens with zero attached hydrogens (tertiary/aromatic N) is 3. The topological polar surface area (TPSA) is 72.3 Å². The Labute approximate surface area is 147 Å². The van der Waals surface area contributed by atoms with Crippen molar-refractivity contribution in [1.82, 2.24) is 14.7 Å². The number of halogens is 1. The number of hydrogen-bond acceptors (Lipinski definition) is 4. The summed E-state index contributed by atoms with van der Waals surface area (Å²) in [6, 6.07) is 4.54. The largest absolute Gasteiger partial charge is 0.344 e. The summed E-state index contributed by atoms with van der Waals surface area (Å²) in [5.41, 5.74) is 1.10. The number of carbonyl (C=O) groups is 1. The van der Waals surface area contributed by atoms with E-state index < -0.39 is 26.7 Å². The lowest BCUT2D eigenvalue weighted by Gasteiger charge is -2.17. The Kier molecular flexibility index (Phi) is 5.62. The Morgan fingerprint density at radius 2 is 1.88 bits per heavy atom. The molecule has 1 heterocycles. The van der Waals surface area contributed by atoms with Gasteiger partial charge in [-0.15, -0.1) is 5.10 Å². The average Bonchev–Trinajstić information content (AvgIpc) is 2.98. The summed E-state index contributed by atoms with van der Waals surface area (Å²) in [4.78, 5) is 13.8. The number of benzene rings is 1. The molecule has 0 spiro atoms. The molecule has 6 nitrogen and oxygen atoms in total. The molecule has 0 unspecified atom stereocenters. The molecule has 1 aromatic carbocycles. The van der Waals surface area contributed by atoms with Gasteiger partial charge in [-0.3, -0.25) is 0 Å². The Morgan fingerprint density at radius 1 is 1.24 bits per heavy atom. The number of aromatic nitrogens is 2. The lowest BCUT2D eigenvalue weighted by molar-refractivity contribution is 0.201. The molecule has 1 aromatic heterocycles. The van der Waals surface area contributed by atoms with E-state index in [1.807, 2.05) is 6.92 Å². The summed E-state index contributed by atoms with van der Waals surface area (Å²) in [7, 11) is -4.17. The van der Waals surface area contributed by atoms with Crippen LogP contribution in [0.4, 0.5) is 9.18 Å². The van der Waals surface area contributed by atoms with E-state index in [0.29, 0.717) is 30.6 Å². The first kappa shape index (κ1) is 19.1. The predicted octanol–water partition coefficient (Wildman–Crippen LogP) is 3.04. The van der Waals surface area contributed by atoms with Crippen molar-refractivity contribution >= 4 is 15.9 Å². The van der Waals surface area contributed by atoms with Crippen LogP contribution in [0.2, 0.25) is 0 Å². The van der Waals surface area contributed by atoms with Gasteiger partial charge in [-0.25, -0.2) is 17.6 Å². The van der Waals surface area contributed by atoms with Crippen molar-refractivity contribution < 1.29 is 17.6 Å². The van der Waals surface area contributed by atoms with Crippen molar-refractivity contribution in [2.45, 2.75) is 44.0 Å². The molecule has 0 aliphatic rings. The first-order valence-electron chi connectivity index (χ1n) is 8.15. The van der Waals surface area contributed by atoms with Crippen LogP contribution in [0.15, 0.2) is 34.3 Å². The highest BCUT2D eigenvalue weighted by molar-refractivity contribution is 7.91. The van der Waals surface area contributed by atoms with Gasteiger partial charge < -0.3 is 4.90 Å². The Bertz CT molecular complexity index is 887. The van der Waals surface area contributed by atoms with Gasteiger partial charge in [0.15, 0.2) is 5.82 Å². The van der Waals surface area contributed by atoms with Crippen LogP contribution in [0.1, 0.15) is 31.9 Å². The van der Waals surface area contributed by atoms with E-state index >= 15 is 0 Å². The average molecular weight is 367 g/mol. The molecule has 0 saturated heterocycles. The first-order valence-corrected chi connectivity index (χ1v) is 9.64. The molecule has 1 amide bonds. The number of sulfone groups is 1. The van der Waals surface area contributed by atoms with Gasteiger partial charge in [0.1, 0.15) is 0 Å². The molecule has 0 N–H and O–H groups in total. The van der Waals surface area contributed by atoms with E-state index in [-0.39, 0.29) is 4.90 Å². The molecule has 0 radical (unpaired) electrons. The first-order chi connectivity index (χ1) is 11.8. The lowest BCUT2D eigenvalue weighted by Crippen LogP contribution is -2.34. The molecule has 2 aromatic rings. The summed E-state index contributed by atoms with van der Waals surface area (Å²) < 4.78 is 41.0. The van der Waals surface area contributed by atoms with E-state index in [4.69, 9.17) is 0 Å². The second kappa shape index (κ2) is 7.35. The van der Waals surface area contributed by atoms with Crippen LogP contribution in [-0.4, -0.2) is 42.2 Å². The smallest absolute Gasteiger partial charge is 0.323 e. The molecule has 0 saturated carbocycles. The Morgan fingerprint density at radius 3 is 2.44 bits per heavy atom. The zero-order valence-corrected chi connectivity index (χ0v) is 15.6. The fourth-order valence-electron chi connectivity index (χ4n) is 2.73. The maximum Gasteiger partial charge on any atom is 0.344 e. The number of carbonyl (C=O) groups excluding carboxylic acids is 1. The molecule has 0 fully saturated rings. The molecule has 136 valence electrons. The monoisotopic (exact) mass is 367 g/mol. The number of hydrogen-bond donors (Lipinski definition) is 0. The van der Waals surface area contributed by atoms with Gasteiger partial charge in [-0.2, -0.15) is 4.68 Å². The van der Waals surface area contributed by atoms with E-state index in [1.54, 1.807) is 39.0 Å². The fraction of sp³-hybridized carbons (Fsp3) is 0.412. The number of aryl methyl sites for hydroxylation is 2. The van der Waals surface area contributed by atoms with E-state index in [0.717, 1.165) is 10.9 Å². The van der Waals surface area contributed by atoms with Crippen LogP contribution in [0.5, 0.6) is 0 Å². The van der Waals surface area contributed by atoms with Crippen molar-refractivity contribution in [2.24, 2.45) is 0 Å². The predicted molar refractivity (Wildman–Crippen MR) is 91.9 cm³/mol. The summed E-state index contributed by atoms with van der Waals surface area (Å²) in [5, 5.41) is 3.03. The Balaban J connectivity index is 2.58. The molecule has 0 aliphatic heterocycles. The van der Waals surface area contributed by atoms with E-state index in [2.05, 4.69) is 5.10 Å². The van der Waals surface area contributed by atoms with Crippen LogP contribution >= 0.6 is 0 Å². The Hall–Kier alpha value is -2.22. The quantitative estimate of drug-likeness (QED) is 0.814. The third-order valence-electron chi connectivity index (χ3n) is 4.07. The zero-order valence-electron chi connectivity index (χ0n) is 14.8. The van der Waals surface area contributed by atoms with Crippen LogP contribution < -0.4 is 0 Å². The van der Waals surface area contributed by atoms with Gasteiger partial charge in [0.2, 0.25) is 14.9 Å². The van der Waals surface area contributed by atoms with Gasteiger partial charge in [-0.05, 0) is 38.3 Å². The second-order valence-electron chi connectivity index (χ2n) is 5.60. The molecule has 2 rings (SSSR count). The van der Waals surface area contributed by atoms with Crippen LogP contribution in [0.3, 0.4) is 0 Å². The molecule has 8 heteroatoms. The highest BCUT2D eigenvalue weighted by Crippen LogP contribution is 2.28. The minimum absolute atomic E-state index is 0.0527. The number of amides is 1. The van der Waals surface area contributed by atoms with Crippen molar-refractivity contribution in [3.8, 4) is 0 Å². The van der Waals surface area contributed by atoms with Crippen LogP contribution in [-0.2, 0) is 16.3 Å².